The monoisotopic (exact) mass is 575 g/mol. The molecule has 0 saturated heterocycles. The van der Waals surface area contributed by atoms with Gasteiger partial charge in [0.05, 0.1) is 30.4 Å². The summed E-state index contributed by atoms with van der Waals surface area (Å²) in [5, 5.41) is 8.87. The Morgan fingerprint density at radius 2 is 1.80 bits per heavy atom. The zero-order chi connectivity index (χ0) is 28.2. The number of rotatable bonds is 9. The molecule has 0 radical (unpaired) electrons. The van der Waals surface area contributed by atoms with E-state index in [1.807, 2.05) is 42.5 Å². The molecule has 4 N–H and O–H groups in total. The number of nitrogens with zero attached hydrogens (tertiary/aromatic N) is 2. The van der Waals surface area contributed by atoms with E-state index in [1.165, 1.54) is 11.3 Å². The summed E-state index contributed by atoms with van der Waals surface area (Å²) in [6.07, 6.45) is 0.595. The van der Waals surface area contributed by atoms with Crippen LogP contribution in [0.2, 0.25) is 5.02 Å². The molecule has 40 heavy (non-hydrogen) atoms. The van der Waals surface area contributed by atoms with Gasteiger partial charge in [-0.25, -0.2) is 4.98 Å². The van der Waals surface area contributed by atoms with Crippen molar-refractivity contribution < 1.29 is 19.1 Å². The van der Waals surface area contributed by atoms with Gasteiger partial charge in [-0.15, -0.1) is 11.3 Å². The Morgan fingerprint density at radius 1 is 1.00 bits per heavy atom. The largest absolute Gasteiger partial charge is 0.493 e. The number of para-hydroxylation sites is 1. The Labute approximate surface area is 239 Å². The van der Waals surface area contributed by atoms with Gasteiger partial charge < -0.3 is 25.1 Å². The maximum Gasteiger partial charge on any atom is 0.274 e. The Morgan fingerprint density at radius 3 is 2.58 bits per heavy atom. The number of aromatic nitrogens is 2. The molecule has 0 spiro atoms. The lowest BCUT2D eigenvalue weighted by Gasteiger charge is -2.12. The number of halogens is 1. The van der Waals surface area contributed by atoms with Gasteiger partial charge in [0.1, 0.15) is 11.4 Å². The van der Waals surface area contributed by atoms with E-state index in [2.05, 4.69) is 15.6 Å². The predicted molar refractivity (Wildman–Crippen MR) is 158 cm³/mol. The first kappa shape index (κ1) is 27.0. The predicted octanol–water partition coefficient (Wildman–Crippen LogP) is 5.56. The molecule has 11 heteroatoms. The summed E-state index contributed by atoms with van der Waals surface area (Å²) in [6, 6.07) is 20.2. The van der Waals surface area contributed by atoms with Crippen LogP contribution in [0, 0.1) is 0 Å². The van der Waals surface area contributed by atoms with Crippen LogP contribution in [-0.2, 0) is 6.42 Å². The average Bonchev–Trinajstić information content (AvgIpc) is 3.58. The van der Waals surface area contributed by atoms with E-state index < -0.39 is 0 Å². The van der Waals surface area contributed by atoms with Crippen molar-refractivity contribution in [2.24, 2.45) is 0 Å². The number of nitrogen functional groups attached to an aromatic ring is 1. The minimum Gasteiger partial charge on any atom is -0.493 e. The number of amides is 2. The molecule has 0 aliphatic heterocycles. The van der Waals surface area contributed by atoms with Gasteiger partial charge in [-0.3, -0.25) is 14.9 Å². The third kappa shape index (κ3) is 5.58. The van der Waals surface area contributed by atoms with Crippen LogP contribution in [0.25, 0.3) is 16.6 Å². The standard InChI is InChI=1S/C29H26ClN5O4S/c1-38-25-10-7-17(13-26(25)39-2)11-12-32-27(36)21-16-40-29(33-21)34-28(37)24-14-18-5-3-4-6-22(18)35(24)23-9-8-19(31)15-20(23)30/h3-10,13-16H,11-12,31H2,1-2H3,(H,32,36)(H,33,34,37). The molecule has 0 bridgehead atoms. The number of fused-ring (bicyclic) bond motifs is 1. The summed E-state index contributed by atoms with van der Waals surface area (Å²) in [4.78, 5) is 30.4. The molecule has 0 unspecified atom stereocenters. The summed E-state index contributed by atoms with van der Waals surface area (Å²) in [6.45, 7) is 0.399. The van der Waals surface area contributed by atoms with Crippen molar-refractivity contribution in [3.05, 3.63) is 94.1 Å². The molecular weight excluding hydrogens is 550 g/mol. The van der Waals surface area contributed by atoms with Crippen LogP contribution < -0.4 is 25.8 Å². The van der Waals surface area contributed by atoms with Crippen molar-refractivity contribution >= 4 is 56.5 Å². The van der Waals surface area contributed by atoms with E-state index in [9.17, 15) is 9.59 Å². The topological polar surface area (TPSA) is 121 Å². The van der Waals surface area contributed by atoms with Gasteiger partial charge >= 0.3 is 0 Å². The number of anilines is 2. The molecule has 2 aromatic heterocycles. The van der Waals surface area contributed by atoms with Gasteiger partial charge in [-0.2, -0.15) is 0 Å². The van der Waals surface area contributed by atoms with E-state index in [0.717, 1.165) is 16.5 Å². The van der Waals surface area contributed by atoms with Crippen molar-refractivity contribution in [1.82, 2.24) is 14.9 Å². The molecule has 5 aromatic rings. The highest BCUT2D eigenvalue weighted by molar-refractivity contribution is 7.14. The van der Waals surface area contributed by atoms with Crippen molar-refractivity contribution in [2.75, 3.05) is 31.8 Å². The second-order valence-corrected chi connectivity index (χ2v) is 10.1. The maximum absolute atomic E-state index is 13.4. The molecule has 2 heterocycles. The summed E-state index contributed by atoms with van der Waals surface area (Å²) in [5.41, 5.74) is 9.41. The lowest BCUT2D eigenvalue weighted by atomic mass is 10.1. The number of benzene rings is 3. The molecular formula is C29H26ClN5O4S. The van der Waals surface area contributed by atoms with Crippen molar-refractivity contribution in [3.8, 4) is 17.2 Å². The second kappa shape index (κ2) is 11.7. The number of hydrogen-bond acceptors (Lipinski definition) is 7. The molecule has 0 fully saturated rings. The fourth-order valence-corrected chi connectivity index (χ4v) is 5.29. The highest BCUT2D eigenvalue weighted by Crippen LogP contribution is 2.31. The Hall–Kier alpha value is -4.54. The van der Waals surface area contributed by atoms with Gasteiger partial charge in [0.15, 0.2) is 16.6 Å². The van der Waals surface area contributed by atoms with E-state index in [-0.39, 0.29) is 17.5 Å². The first-order valence-corrected chi connectivity index (χ1v) is 13.6. The summed E-state index contributed by atoms with van der Waals surface area (Å²) >= 11 is 7.67. The fourth-order valence-electron chi connectivity index (χ4n) is 4.33. The van der Waals surface area contributed by atoms with Crippen LogP contribution in [0.15, 0.2) is 72.1 Å². The maximum atomic E-state index is 13.4. The Bertz CT molecular complexity index is 1710. The average molecular weight is 576 g/mol. The summed E-state index contributed by atoms with van der Waals surface area (Å²) in [7, 11) is 3.16. The second-order valence-electron chi connectivity index (χ2n) is 8.82. The fraction of sp³-hybridized carbons (Fsp3) is 0.138. The minimum atomic E-state index is -0.390. The van der Waals surface area contributed by atoms with Crippen molar-refractivity contribution in [3.63, 3.8) is 0 Å². The number of thiazole rings is 1. The summed E-state index contributed by atoms with van der Waals surface area (Å²) < 4.78 is 12.4. The number of carbonyl (C=O) groups excluding carboxylic acids is 2. The smallest absolute Gasteiger partial charge is 0.274 e. The third-order valence-electron chi connectivity index (χ3n) is 6.26. The molecule has 0 saturated carbocycles. The molecule has 0 aliphatic carbocycles. The molecule has 204 valence electrons. The van der Waals surface area contributed by atoms with E-state index in [4.69, 9.17) is 26.8 Å². The quantitative estimate of drug-likeness (QED) is 0.198. The SMILES string of the molecule is COc1ccc(CCNC(=O)c2csc(NC(=O)c3cc4ccccc4n3-c3ccc(N)cc3Cl)n2)cc1OC. The Balaban J connectivity index is 1.28. The molecule has 0 atom stereocenters. The van der Waals surface area contributed by atoms with Crippen LogP contribution >= 0.6 is 22.9 Å². The van der Waals surface area contributed by atoms with E-state index in [0.29, 0.717) is 51.7 Å². The number of carbonyl (C=O) groups is 2. The lowest BCUT2D eigenvalue weighted by molar-refractivity contribution is 0.0948. The van der Waals surface area contributed by atoms with Crippen LogP contribution in [0.4, 0.5) is 10.8 Å². The number of nitrogens with one attached hydrogen (secondary N) is 2. The number of nitrogens with two attached hydrogens (primary N) is 1. The van der Waals surface area contributed by atoms with Gasteiger partial charge in [0.2, 0.25) is 0 Å². The number of hydrogen-bond donors (Lipinski definition) is 3. The highest BCUT2D eigenvalue weighted by atomic mass is 35.5. The van der Waals surface area contributed by atoms with Gasteiger partial charge in [-0.05, 0) is 54.4 Å². The molecule has 5 rings (SSSR count). The molecule has 2 amide bonds. The van der Waals surface area contributed by atoms with Crippen LogP contribution in [0.1, 0.15) is 26.5 Å². The molecule has 9 nitrogen and oxygen atoms in total. The number of methoxy groups -OCH3 is 2. The first-order valence-electron chi connectivity index (χ1n) is 12.3. The zero-order valence-electron chi connectivity index (χ0n) is 21.7. The van der Waals surface area contributed by atoms with Gasteiger partial charge in [0.25, 0.3) is 11.8 Å². The van der Waals surface area contributed by atoms with Crippen LogP contribution in [0.5, 0.6) is 11.5 Å². The van der Waals surface area contributed by atoms with E-state index >= 15 is 0 Å². The van der Waals surface area contributed by atoms with E-state index in [1.54, 1.807) is 48.4 Å². The first-order chi connectivity index (χ1) is 19.4. The van der Waals surface area contributed by atoms with Crippen molar-refractivity contribution in [2.45, 2.75) is 6.42 Å². The minimum absolute atomic E-state index is 0.217. The third-order valence-corrected chi connectivity index (χ3v) is 7.32. The Kier molecular flexibility index (Phi) is 7.90. The van der Waals surface area contributed by atoms with Gasteiger partial charge in [-0.1, -0.05) is 35.9 Å². The van der Waals surface area contributed by atoms with Crippen LogP contribution in [-0.4, -0.2) is 42.1 Å². The highest BCUT2D eigenvalue weighted by Gasteiger charge is 2.20. The lowest BCUT2D eigenvalue weighted by Crippen LogP contribution is -2.26. The van der Waals surface area contributed by atoms with Gasteiger partial charge in [0, 0.05) is 23.0 Å². The zero-order valence-corrected chi connectivity index (χ0v) is 23.3. The van der Waals surface area contributed by atoms with Crippen LogP contribution in [0.3, 0.4) is 0 Å². The van der Waals surface area contributed by atoms with Crippen molar-refractivity contribution in [1.29, 1.82) is 0 Å². The molecule has 0 aliphatic rings. The summed E-state index contributed by atoms with van der Waals surface area (Å²) in [5.74, 6) is 0.548. The molecule has 3 aromatic carbocycles. The normalized spacial score (nSPS) is 10.9. The number of ether oxygens (including phenoxy) is 2.